The quantitative estimate of drug-likeness (QED) is 0.479. The summed E-state index contributed by atoms with van der Waals surface area (Å²) in [6, 6.07) is 0. The zero-order chi connectivity index (χ0) is 13.8. The van der Waals surface area contributed by atoms with Crippen LogP contribution in [0.5, 0.6) is 0 Å². The molecule has 20 heavy (non-hydrogen) atoms. The van der Waals surface area contributed by atoms with Gasteiger partial charge in [-0.2, -0.15) is 0 Å². The first-order chi connectivity index (χ1) is 9.73. The molecule has 0 aromatic rings. The normalized spacial score (nSPS) is 31.4. The summed E-state index contributed by atoms with van der Waals surface area (Å²) in [6.07, 6.45) is 0.877. The molecular formula is C14H24O6. The lowest BCUT2D eigenvalue weighted by Crippen LogP contribution is -2.35. The highest BCUT2D eigenvalue weighted by Gasteiger charge is 2.31. The molecule has 0 aliphatic carbocycles. The lowest BCUT2D eigenvalue weighted by molar-refractivity contribution is -0.0650. The summed E-state index contributed by atoms with van der Waals surface area (Å²) in [6.45, 7) is 8.42. The number of epoxide rings is 3. The summed E-state index contributed by atoms with van der Waals surface area (Å²) in [5, 5.41) is 0. The summed E-state index contributed by atoms with van der Waals surface area (Å²) >= 11 is 0. The van der Waals surface area contributed by atoms with Crippen LogP contribution in [0.4, 0.5) is 0 Å². The second kappa shape index (κ2) is 6.68. The molecule has 3 heterocycles. The van der Waals surface area contributed by atoms with E-state index >= 15 is 0 Å². The van der Waals surface area contributed by atoms with Crippen molar-refractivity contribution < 1.29 is 28.4 Å². The third kappa shape index (κ3) is 5.63. The van der Waals surface area contributed by atoms with E-state index in [0.29, 0.717) is 58.0 Å². The largest absolute Gasteiger partial charge is 0.378 e. The summed E-state index contributed by atoms with van der Waals surface area (Å²) < 4.78 is 32.6. The lowest BCUT2D eigenvalue weighted by atomic mass is 9.94. The van der Waals surface area contributed by atoms with Gasteiger partial charge in [-0.1, -0.05) is 6.92 Å². The molecule has 0 aromatic carbocycles. The van der Waals surface area contributed by atoms with Gasteiger partial charge in [0, 0.05) is 5.41 Å². The maximum atomic E-state index is 5.72. The first-order valence-corrected chi connectivity index (χ1v) is 7.32. The van der Waals surface area contributed by atoms with Gasteiger partial charge in [-0.15, -0.1) is 0 Å². The van der Waals surface area contributed by atoms with Crippen molar-refractivity contribution in [3.63, 3.8) is 0 Å². The molecule has 6 nitrogen and oxygen atoms in total. The van der Waals surface area contributed by atoms with Gasteiger partial charge in [-0.25, -0.2) is 0 Å². The monoisotopic (exact) mass is 288 g/mol. The third-order valence-corrected chi connectivity index (χ3v) is 3.47. The van der Waals surface area contributed by atoms with Crippen LogP contribution in [0, 0.1) is 5.41 Å². The van der Waals surface area contributed by atoms with Crippen LogP contribution in [0.2, 0.25) is 0 Å². The highest BCUT2D eigenvalue weighted by molar-refractivity contribution is 4.77. The maximum Gasteiger partial charge on any atom is 0.104 e. The standard InChI is InChI=1S/C14H24O6/c1-14(8-15-2-11-5-18-11,9-16-3-12-6-19-12)10-17-4-13-7-20-13/h11-13H,2-10H2,1H3/t11-,12-,13-/m0/s1. The average molecular weight is 288 g/mol. The zero-order valence-corrected chi connectivity index (χ0v) is 12.0. The van der Waals surface area contributed by atoms with E-state index in [2.05, 4.69) is 6.92 Å². The predicted octanol–water partition coefficient (Wildman–Crippen LogP) is 0.239. The fraction of sp³-hybridized carbons (Fsp3) is 1.00. The van der Waals surface area contributed by atoms with E-state index in [0.717, 1.165) is 19.8 Å². The van der Waals surface area contributed by atoms with Crippen LogP contribution in [0.25, 0.3) is 0 Å². The van der Waals surface area contributed by atoms with Crippen molar-refractivity contribution in [2.24, 2.45) is 5.41 Å². The van der Waals surface area contributed by atoms with Gasteiger partial charge >= 0.3 is 0 Å². The molecule has 0 spiro atoms. The summed E-state index contributed by atoms with van der Waals surface area (Å²) in [5.41, 5.74) is -0.140. The number of ether oxygens (including phenoxy) is 6. The summed E-state index contributed by atoms with van der Waals surface area (Å²) in [5.74, 6) is 0. The van der Waals surface area contributed by atoms with Crippen LogP contribution < -0.4 is 0 Å². The minimum atomic E-state index is -0.140. The molecule has 0 aromatic heterocycles. The number of hydrogen-bond donors (Lipinski definition) is 0. The van der Waals surface area contributed by atoms with Crippen molar-refractivity contribution in [2.45, 2.75) is 25.2 Å². The van der Waals surface area contributed by atoms with Crippen molar-refractivity contribution in [1.82, 2.24) is 0 Å². The Hall–Kier alpha value is -0.240. The molecule has 3 fully saturated rings. The molecule has 0 saturated carbocycles. The highest BCUT2D eigenvalue weighted by Crippen LogP contribution is 2.22. The Bertz CT molecular complexity index is 252. The molecule has 0 amide bonds. The highest BCUT2D eigenvalue weighted by atomic mass is 16.6. The molecule has 3 atom stereocenters. The Kier molecular flexibility index (Phi) is 4.91. The second-order valence-corrected chi connectivity index (χ2v) is 6.22. The average Bonchev–Trinajstić information content (AvgIpc) is 3.24. The molecule has 0 radical (unpaired) electrons. The van der Waals surface area contributed by atoms with Crippen LogP contribution in [-0.2, 0) is 28.4 Å². The predicted molar refractivity (Wildman–Crippen MR) is 69.8 cm³/mol. The molecule has 6 heteroatoms. The first kappa shape index (κ1) is 14.7. The first-order valence-electron chi connectivity index (χ1n) is 7.32. The molecule has 0 unspecified atom stereocenters. The van der Waals surface area contributed by atoms with Gasteiger partial charge in [-0.3, -0.25) is 0 Å². The van der Waals surface area contributed by atoms with Crippen LogP contribution in [0.1, 0.15) is 6.92 Å². The van der Waals surface area contributed by atoms with E-state index in [1.165, 1.54) is 0 Å². The van der Waals surface area contributed by atoms with Gasteiger partial charge in [0.1, 0.15) is 18.3 Å². The van der Waals surface area contributed by atoms with Crippen LogP contribution in [0.3, 0.4) is 0 Å². The Morgan fingerprint density at radius 2 is 1.05 bits per heavy atom. The van der Waals surface area contributed by atoms with E-state index in [1.807, 2.05) is 0 Å². The molecular weight excluding hydrogens is 264 g/mol. The van der Waals surface area contributed by atoms with E-state index in [4.69, 9.17) is 28.4 Å². The Morgan fingerprint density at radius 3 is 1.30 bits per heavy atom. The molecule has 3 aliphatic rings. The summed E-state index contributed by atoms with van der Waals surface area (Å²) in [7, 11) is 0. The van der Waals surface area contributed by atoms with Gasteiger partial charge in [0.05, 0.1) is 59.5 Å². The third-order valence-electron chi connectivity index (χ3n) is 3.47. The Labute approximate surface area is 119 Å². The fourth-order valence-electron chi connectivity index (χ4n) is 1.93. The zero-order valence-electron chi connectivity index (χ0n) is 12.0. The van der Waals surface area contributed by atoms with Crippen LogP contribution >= 0.6 is 0 Å². The SMILES string of the molecule is CC(COC[C@H]1CO1)(COC[C@H]1CO1)COC[C@H]1CO1. The molecule has 0 bridgehead atoms. The van der Waals surface area contributed by atoms with Crippen molar-refractivity contribution in [1.29, 1.82) is 0 Å². The Balaban J connectivity index is 1.35. The minimum absolute atomic E-state index is 0.140. The van der Waals surface area contributed by atoms with Gasteiger partial charge in [0.15, 0.2) is 0 Å². The Morgan fingerprint density at radius 1 is 0.750 bits per heavy atom. The summed E-state index contributed by atoms with van der Waals surface area (Å²) in [4.78, 5) is 0. The van der Waals surface area contributed by atoms with Gasteiger partial charge in [-0.05, 0) is 0 Å². The molecule has 0 N–H and O–H groups in total. The lowest BCUT2D eigenvalue weighted by Gasteiger charge is -2.28. The molecule has 3 saturated heterocycles. The van der Waals surface area contributed by atoms with Gasteiger partial charge < -0.3 is 28.4 Å². The van der Waals surface area contributed by atoms with Crippen LogP contribution in [-0.4, -0.2) is 77.8 Å². The van der Waals surface area contributed by atoms with Crippen molar-refractivity contribution in [3.8, 4) is 0 Å². The minimum Gasteiger partial charge on any atom is -0.378 e. The van der Waals surface area contributed by atoms with Gasteiger partial charge in [0.25, 0.3) is 0 Å². The number of hydrogen-bond acceptors (Lipinski definition) is 6. The molecule has 3 rings (SSSR count). The molecule has 3 aliphatic heterocycles. The number of rotatable bonds is 12. The van der Waals surface area contributed by atoms with E-state index < -0.39 is 0 Å². The molecule has 116 valence electrons. The van der Waals surface area contributed by atoms with Crippen LogP contribution in [0.15, 0.2) is 0 Å². The van der Waals surface area contributed by atoms with E-state index in [-0.39, 0.29) is 5.41 Å². The van der Waals surface area contributed by atoms with Crippen molar-refractivity contribution in [3.05, 3.63) is 0 Å². The van der Waals surface area contributed by atoms with Crippen molar-refractivity contribution in [2.75, 3.05) is 59.5 Å². The fourth-order valence-corrected chi connectivity index (χ4v) is 1.93. The second-order valence-electron chi connectivity index (χ2n) is 6.22. The maximum absolute atomic E-state index is 5.72. The topological polar surface area (TPSA) is 65.3 Å². The van der Waals surface area contributed by atoms with E-state index in [1.54, 1.807) is 0 Å². The van der Waals surface area contributed by atoms with E-state index in [9.17, 15) is 0 Å². The van der Waals surface area contributed by atoms with Crippen molar-refractivity contribution >= 4 is 0 Å². The van der Waals surface area contributed by atoms with Gasteiger partial charge in [0.2, 0.25) is 0 Å². The smallest absolute Gasteiger partial charge is 0.104 e.